The highest BCUT2D eigenvalue weighted by molar-refractivity contribution is 7.89. The molecule has 0 amide bonds. The van der Waals surface area contributed by atoms with Crippen molar-refractivity contribution in [2.75, 3.05) is 13.7 Å². The third kappa shape index (κ3) is 3.52. The summed E-state index contributed by atoms with van der Waals surface area (Å²) in [7, 11) is -2.50. The molecule has 19 heavy (non-hydrogen) atoms. The predicted octanol–water partition coefficient (Wildman–Crippen LogP) is 1.58. The summed E-state index contributed by atoms with van der Waals surface area (Å²) in [5.74, 6) is -0.601. The number of carbonyl (C=O) groups is 1. The Labute approximate surface area is 112 Å². The first kappa shape index (κ1) is 15.1. The Morgan fingerprint density at radius 2 is 2.11 bits per heavy atom. The van der Waals surface area contributed by atoms with Gasteiger partial charge < -0.3 is 4.74 Å². The molecular weight excluding hydrogens is 266 g/mol. The molecule has 0 aliphatic rings. The number of methoxy groups -OCH3 is 1. The van der Waals surface area contributed by atoms with Crippen LogP contribution in [-0.4, -0.2) is 28.0 Å². The zero-order valence-electron chi connectivity index (χ0n) is 10.5. The van der Waals surface area contributed by atoms with Gasteiger partial charge in [-0.2, -0.15) is 0 Å². The molecule has 1 rings (SSSR count). The van der Waals surface area contributed by atoms with Crippen molar-refractivity contribution >= 4 is 22.1 Å². The fourth-order valence-corrected chi connectivity index (χ4v) is 2.66. The third-order valence-corrected chi connectivity index (χ3v) is 3.84. The van der Waals surface area contributed by atoms with Gasteiger partial charge in [-0.3, -0.25) is 0 Å². The number of sulfonamides is 1. The van der Waals surface area contributed by atoms with Gasteiger partial charge in [0.1, 0.15) is 0 Å². The van der Waals surface area contributed by atoms with Crippen molar-refractivity contribution in [3.8, 4) is 0 Å². The molecule has 0 bridgehead atoms. The van der Waals surface area contributed by atoms with Crippen LogP contribution in [-0.2, 0) is 14.8 Å². The van der Waals surface area contributed by atoms with Crippen LogP contribution in [0, 0.1) is 0 Å². The first-order chi connectivity index (χ1) is 8.96. The van der Waals surface area contributed by atoms with Crippen molar-refractivity contribution in [3.05, 3.63) is 48.6 Å². The van der Waals surface area contributed by atoms with E-state index in [1.165, 1.54) is 37.5 Å². The van der Waals surface area contributed by atoms with Crippen LogP contribution in [0.25, 0.3) is 6.08 Å². The standard InChI is InChI=1S/C13H15NO4S/c1-4-8-14-19(16,17)12-9-11(13(15)18-3)7-6-10(12)5-2/h4-7,9,14H,1-2,8H2,3H3. The first-order valence-corrected chi connectivity index (χ1v) is 6.90. The van der Waals surface area contributed by atoms with Gasteiger partial charge >= 0.3 is 5.97 Å². The number of hydrogen-bond acceptors (Lipinski definition) is 4. The largest absolute Gasteiger partial charge is 0.465 e. The Hall–Kier alpha value is -1.92. The Morgan fingerprint density at radius 3 is 2.63 bits per heavy atom. The number of hydrogen-bond donors (Lipinski definition) is 1. The summed E-state index contributed by atoms with van der Waals surface area (Å²) >= 11 is 0. The second-order valence-electron chi connectivity index (χ2n) is 3.59. The third-order valence-electron chi connectivity index (χ3n) is 2.36. The van der Waals surface area contributed by atoms with E-state index in [0.717, 1.165) is 0 Å². The lowest BCUT2D eigenvalue weighted by molar-refractivity contribution is 0.0600. The molecule has 0 saturated carbocycles. The van der Waals surface area contributed by atoms with Gasteiger partial charge in [-0.05, 0) is 17.7 Å². The molecule has 0 aromatic heterocycles. The Bertz CT molecular complexity index is 605. The molecule has 1 aromatic carbocycles. The SMILES string of the molecule is C=CCNS(=O)(=O)c1cc(C(=O)OC)ccc1C=C. The van der Waals surface area contributed by atoms with Gasteiger partial charge in [0.15, 0.2) is 0 Å². The summed E-state index contributed by atoms with van der Waals surface area (Å²) in [6.45, 7) is 7.09. The van der Waals surface area contributed by atoms with Crippen LogP contribution in [0.4, 0.5) is 0 Å². The van der Waals surface area contributed by atoms with Crippen molar-refractivity contribution in [2.24, 2.45) is 0 Å². The second-order valence-corrected chi connectivity index (χ2v) is 5.32. The monoisotopic (exact) mass is 281 g/mol. The number of nitrogens with one attached hydrogen (secondary N) is 1. The van der Waals surface area contributed by atoms with E-state index in [4.69, 9.17) is 0 Å². The molecule has 0 aliphatic carbocycles. The molecule has 0 atom stereocenters. The van der Waals surface area contributed by atoms with Crippen LogP contribution in [0.2, 0.25) is 0 Å². The Kier molecular flexibility index (Phi) is 5.02. The van der Waals surface area contributed by atoms with Crippen LogP contribution in [0.15, 0.2) is 42.3 Å². The number of benzene rings is 1. The number of ether oxygens (including phenoxy) is 1. The molecule has 0 radical (unpaired) electrons. The number of rotatable bonds is 6. The molecule has 0 unspecified atom stereocenters. The van der Waals surface area contributed by atoms with Crippen LogP contribution < -0.4 is 4.72 Å². The Balaban J connectivity index is 3.34. The molecule has 1 aromatic rings. The van der Waals surface area contributed by atoms with Crippen molar-refractivity contribution in [3.63, 3.8) is 0 Å². The summed E-state index contributed by atoms with van der Waals surface area (Å²) in [5, 5.41) is 0. The van der Waals surface area contributed by atoms with Gasteiger partial charge in [0.25, 0.3) is 0 Å². The first-order valence-electron chi connectivity index (χ1n) is 5.41. The topological polar surface area (TPSA) is 72.5 Å². The average molecular weight is 281 g/mol. The minimum atomic E-state index is -3.73. The van der Waals surface area contributed by atoms with Gasteiger partial charge in [-0.25, -0.2) is 17.9 Å². The summed E-state index contributed by atoms with van der Waals surface area (Å²) in [6.07, 6.45) is 2.83. The lowest BCUT2D eigenvalue weighted by Crippen LogP contribution is -2.24. The molecule has 102 valence electrons. The maximum absolute atomic E-state index is 12.1. The molecule has 0 aliphatic heterocycles. The summed E-state index contributed by atoms with van der Waals surface area (Å²) < 4.78 is 31.1. The van der Waals surface area contributed by atoms with E-state index in [-0.39, 0.29) is 17.0 Å². The minimum absolute atomic E-state index is 0.0211. The van der Waals surface area contributed by atoms with E-state index in [9.17, 15) is 13.2 Å². The van der Waals surface area contributed by atoms with E-state index in [0.29, 0.717) is 5.56 Å². The van der Waals surface area contributed by atoms with E-state index in [1.54, 1.807) is 0 Å². The summed E-state index contributed by atoms with van der Waals surface area (Å²) in [6, 6.07) is 4.24. The summed E-state index contributed by atoms with van der Waals surface area (Å²) in [5.41, 5.74) is 0.566. The van der Waals surface area contributed by atoms with Gasteiger partial charge in [0.2, 0.25) is 10.0 Å². The molecular formula is C13H15NO4S. The smallest absolute Gasteiger partial charge is 0.337 e. The molecule has 5 nitrogen and oxygen atoms in total. The second kappa shape index (κ2) is 6.31. The maximum Gasteiger partial charge on any atom is 0.337 e. The van der Waals surface area contributed by atoms with Crippen LogP contribution in [0.1, 0.15) is 15.9 Å². The van der Waals surface area contributed by atoms with Crippen molar-refractivity contribution in [1.29, 1.82) is 0 Å². The minimum Gasteiger partial charge on any atom is -0.465 e. The van der Waals surface area contributed by atoms with E-state index < -0.39 is 16.0 Å². The zero-order valence-corrected chi connectivity index (χ0v) is 11.4. The van der Waals surface area contributed by atoms with Gasteiger partial charge in [-0.1, -0.05) is 24.8 Å². The van der Waals surface area contributed by atoms with Crippen molar-refractivity contribution in [2.45, 2.75) is 4.90 Å². The maximum atomic E-state index is 12.1. The lowest BCUT2D eigenvalue weighted by atomic mass is 10.1. The molecule has 1 N–H and O–H groups in total. The molecule has 0 fully saturated rings. The molecule has 6 heteroatoms. The predicted molar refractivity (Wildman–Crippen MR) is 73.3 cm³/mol. The zero-order chi connectivity index (χ0) is 14.5. The van der Waals surface area contributed by atoms with Gasteiger partial charge in [-0.15, -0.1) is 6.58 Å². The van der Waals surface area contributed by atoms with Crippen molar-refractivity contribution in [1.82, 2.24) is 4.72 Å². The molecule has 0 heterocycles. The normalized spacial score (nSPS) is 10.8. The van der Waals surface area contributed by atoms with Crippen LogP contribution in [0.3, 0.4) is 0 Å². The highest BCUT2D eigenvalue weighted by Gasteiger charge is 2.19. The summed E-state index contributed by atoms with van der Waals surface area (Å²) in [4.78, 5) is 11.4. The Morgan fingerprint density at radius 1 is 1.42 bits per heavy atom. The highest BCUT2D eigenvalue weighted by Crippen LogP contribution is 2.19. The van der Waals surface area contributed by atoms with Gasteiger partial charge in [0.05, 0.1) is 17.6 Å². The molecule has 0 saturated heterocycles. The number of carbonyl (C=O) groups excluding carboxylic acids is 1. The highest BCUT2D eigenvalue weighted by atomic mass is 32.2. The fraction of sp³-hybridized carbons (Fsp3) is 0.154. The number of esters is 1. The van der Waals surface area contributed by atoms with Gasteiger partial charge in [0, 0.05) is 6.54 Å². The average Bonchev–Trinajstić information content (AvgIpc) is 2.43. The quantitative estimate of drug-likeness (QED) is 0.634. The van der Waals surface area contributed by atoms with Crippen molar-refractivity contribution < 1.29 is 17.9 Å². The van der Waals surface area contributed by atoms with Crippen LogP contribution >= 0.6 is 0 Å². The lowest BCUT2D eigenvalue weighted by Gasteiger charge is -2.09. The molecule has 0 spiro atoms. The van der Waals surface area contributed by atoms with E-state index >= 15 is 0 Å². The van der Waals surface area contributed by atoms with E-state index in [1.807, 2.05) is 0 Å². The fourth-order valence-electron chi connectivity index (χ4n) is 1.43. The van der Waals surface area contributed by atoms with E-state index in [2.05, 4.69) is 22.6 Å². The van der Waals surface area contributed by atoms with Crippen LogP contribution in [0.5, 0.6) is 0 Å².